The Balaban J connectivity index is 2.95. The first-order valence-electron chi connectivity index (χ1n) is 6.70. The number of rotatable bonds is 4. The van der Waals surface area contributed by atoms with Crippen molar-refractivity contribution >= 4 is 17.5 Å². The molecule has 0 aliphatic rings. The Bertz CT molecular complexity index is 428. The van der Waals surface area contributed by atoms with Crippen LogP contribution in [0.25, 0.3) is 0 Å². The Morgan fingerprint density at radius 3 is 2.21 bits per heavy atom. The predicted octanol–water partition coefficient (Wildman–Crippen LogP) is 4.08. The molecule has 0 aliphatic heterocycles. The van der Waals surface area contributed by atoms with Gasteiger partial charge in [0.2, 0.25) is 0 Å². The van der Waals surface area contributed by atoms with Crippen LogP contribution in [0.15, 0.2) is 18.2 Å². The van der Waals surface area contributed by atoms with Crippen LogP contribution in [0, 0.1) is 19.3 Å². The summed E-state index contributed by atoms with van der Waals surface area (Å²) in [6, 6.07) is 5.99. The molecule has 19 heavy (non-hydrogen) atoms. The highest BCUT2D eigenvalue weighted by Crippen LogP contribution is 2.23. The third-order valence-electron chi connectivity index (χ3n) is 3.46. The van der Waals surface area contributed by atoms with Crippen molar-refractivity contribution in [1.29, 1.82) is 0 Å². The summed E-state index contributed by atoms with van der Waals surface area (Å²) >= 11 is 5.84. The van der Waals surface area contributed by atoms with Gasteiger partial charge in [0.15, 0.2) is 0 Å². The highest BCUT2D eigenvalue weighted by atomic mass is 35.5. The summed E-state index contributed by atoms with van der Waals surface area (Å²) in [5.41, 5.74) is 2.81. The smallest absolute Gasteiger partial charge is 0.252 e. The lowest BCUT2D eigenvalue weighted by Gasteiger charge is -2.31. The molecule has 1 aromatic rings. The minimum Gasteiger partial charge on any atom is -0.349 e. The van der Waals surface area contributed by atoms with Gasteiger partial charge in [0.05, 0.1) is 0 Å². The SMILES string of the molecule is Cc1cccc(C)c1C(=O)NC(CCCl)C(C)(C)C. The maximum Gasteiger partial charge on any atom is 0.252 e. The van der Waals surface area contributed by atoms with Gasteiger partial charge in [0, 0.05) is 17.5 Å². The second-order valence-corrected chi connectivity index (χ2v) is 6.51. The largest absolute Gasteiger partial charge is 0.349 e. The van der Waals surface area contributed by atoms with Crippen LogP contribution in [0.5, 0.6) is 0 Å². The third-order valence-corrected chi connectivity index (χ3v) is 3.67. The van der Waals surface area contributed by atoms with Gasteiger partial charge in [-0.15, -0.1) is 11.6 Å². The van der Waals surface area contributed by atoms with E-state index in [1.807, 2.05) is 32.0 Å². The van der Waals surface area contributed by atoms with Gasteiger partial charge in [-0.25, -0.2) is 0 Å². The van der Waals surface area contributed by atoms with Crippen LogP contribution in [0.1, 0.15) is 48.7 Å². The average molecular weight is 282 g/mol. The van der Waals surface area contributed by atoms with E-state index < -0.39 is 0 Å². The van der Waals surface area contributed by atoms with Crippen LogP contribution in [0.4, 0.5) is 0 Å². The van der Waals surface area contributed by atoms with Gasteiger partial charge >= 0.3 is 0 Å². The maximum atomic E-state index is 12.5. The number of nitrogens with one attached hydrogen (secondary N) is 1. The zero-order valence-electron chi connectivity index (χ0n) is 12.5. The maximum absolute atomic E-state index is 12.5. The highest BCUT2D eigenvalue weighted by Gasteiger charge is 2.26. The molecular formula is C16H24ClNO. The van der Waals surface area contributed by atoms with E-state index in [0.717, 1.165) is 23.1 Å². The van der Waals surface area contributed by atoms with Gasteiger partial charge in [-0.3, -0.25) is 4.79 Å². The number of halogens is 1. The molecule has 1 atom stereocenters. The number of amides is 1. The van der Waals surface area contributed by atoms with Crippen LogP contribution in [0.3, 0.4) is 0 Å². The molecule has 0 saturated carbocycles. The van der Waals surface area contributed by atoms with Crippen molar-refractivity contribution in [2.45, 2.75) is 47.1 Å². The molecule has 1 amide bonds. The van der Waals surface area contributed by atoms with Crippen molar-refractivity contribution < 1.29 is 4.79 Å². The van der Waals surface area contributed by atoms with Crippen LogP contribution in [0.2, 0.25) is 0 Å². The molecule has 0 aromatic heterocycles. The summed E-state index contributed by atoms with van der Waals surface area (Å²) in [6.07, 6.45) is 0.779. The number of carbonyl (C=O) groups excluding carboxylic acids is 1. The summed E-state index contributed by atoms with van der Waals surface area (Å²) in [6.45, 7) is 10.3. The summed E-state index contributed by atoms with van der Waals surface area (Å²) < 4.78 is 0. The Labute approximate surface area is 121 Å². The molecule has 0 heterocycles. The molecule has 0 saturated heterocycles. The molecule has 1 N–H and O–H groups in total. The number of hydrogen-bond donors (Lipinski definition) is 1. The zero-order chi connectivity index (χ0) is 14.6. The van der Waals surface area contributed by atoms with Crippen molar-refractivity contribution in [2.24, 2.45) is 5.41 Å². The van der Waals surface area contributed by atoms with Crippen LogP contribution in [-0.2, 0) is 0 Å². The normalized spacial score (nSPS) is 13.2. The quantitative estimate of drug-likeness (QED) is 0.828. The summed E-state index contributed by atoms with van der Waals surface area (Å²) in [4.78, 5) is 12.5. The molecule has 106 valence electrons. The first-order valence-corrected chi connectivity index (χ1v) is 7.24. The van der Waals surface area contributed by atoms with Gasteiger partial charge in [-0.2, -0.15) is 0 Å². The van der Waals surface area contributed by atoms with E-state index in [1.165, 1.54) is 0 Å². The van der Waals surface area contributed by atoms with E-state index in [2.05, 4.69) is 26.1 Å². The predicted molar refractivity (Wildman–Crippen MR) is 82.0 cm³/mol. The number of aryl methyl sites for hydroxylation is 2. The average Bonchev–Trinajstić information content (AvgIpc) is 2.27. The van der Waals surface area contributed by atoms with Gasteiger partial charge in [0.1, 0.15) is 0 Å². The Morgan fingerprint density at radius 2 is 1.79 bits per heavy atom. The van der Waals surface area contributed by atoms with Crippen molar-refractivity contribution in [1.82, 2.24) is 5.32 Å². The Morgan fingerprint density at radius 1 is 1.26 bits per heavy atom. The topological polar surface area (TPSA) is 29.1 Å². The number of benzene rings is 1. The van der Waals surface area contributed by atoms with Crippen molar-refractivity contribution in [2.75, 3.05) is 5.88 Å². The van der Waals surface area contributed by atoms with Gasteiger partial charge in [-0.1, -0.05) is 39.0 Å². The number of alkyl halides is 1. The lowest BCUT2D eigenvalue weighted by atomic mass is 9.85. The van der Waals surface area contributed by atoms with Crippen LogP contribution >= 0.6 is 11.6 Å². The molecule has 0 radical (unpaired) electrons. The third kappa shape index (κ3) is 4.24. The minimum absolute atomic E-state index is 0.000594. The fourth-order valence-corrected chi connectivity index (χ4v) is 2.45. The fraction of sp³-hybridized carbons (Fsp3) is 0.562. The van der Waals surface area contributed by atoms with Gasteiger partial charge in [-0.05, 0) is 36.8 Å². The molecule has 1 unspecified atom stereocenters. The Kier molecular flexibility index (Phi) is 5.42. The molecule has 0 spiro atoms. The second kappa shape index (κ2) is 6.42. The van der Waals surface area contributed by atoms with E-state index in [1.54, 1.807) is 0 Å². The molecule has 1 aromatic carbocycles. The van der Waals surface area contributed by atoms with E-state index in [4.69, 9.17) is 11.6 Å². The number of carbonyl (C=O) groups is 1. The molecule has 0 fully saturated rings. The summed E-state index contributed by atoms with van der Waals surface area (Å²) in [5, 5.41) is 3.13. The van der Waals surface area contributed by atoms with Crippen LogP contribution < -0.4 is 5.32 Å². The van der Waals surface area contributed by atoms with E-state index >= 15 is 0 Å². The Hall–Kier alpha value is -1.02. The first-order chi connectivity index (χ1) is 8.77. The highest BCUT2D eigenvalue weighted by molar-refractivity contribution is 6.17. The molecular weight excluding hydrogens is 258 g/mol. The zero-order valence-corrected chi connectivity index (χ0v) is 13.3. The fourth-order valence-electron chi connectivity index (χ4n) is 2.23. The monoisotopic (exact) mass is 281 g/mol. The lowest BCUT2D eigenvalue weighted by Crippen LogP contribution is -2.44. The van der Waals surface area contributed by atoms with Crippen molar-refractivity contribution in [3.8, 4) is 0 Å². The van der Waals surface area contributed by atoms with Crippen molar-refractivity contribution in [3.05, 3.63) is 34.9 Å². The summed E-state index contributed by atoms with van der Waals surface area (Å²) in [7, 11) is 0. The first kappa shape index (κ1) is 16.0. The standard InChI is InChI=1S/C16H24ClNO/c1-11-7-6-8-12(2)14(11)15(19)18-13(9-10-17)16(3,4)5/h6-8,13H,9-10H2,1-5H3,(H,18,19). The molecule has 2 nitrogen and oxygen atoms in total. The van der Waals surface area contributed by atoms with E-state index in [9.17, 15) is 4.79 Å². The van der Waals surface area contributed by atoms with Gasteiger partial charge in [0.25, 0.3) is 5.91 Å². The molecule has 0 bridgehead atoms. The van der Waals surface area contributed by atoms with E-state index in [-0.39, 0.29) is 17.4 Å². The van der Waals surface area contributed by atoms with E-state index in [0.29, 0.717) is 5.88 Å². The summed E-state index contributed by atoms with van der Waals surface area (Å²) in [5.74, 6) is 0.551. The van der Waals surface area contributed by atoms with Crippen molar-refractivity contribution in [3.63, 3.8) is 0 Å². The lowest BCUT2D eigenvalue weighted by molar-refractivity contribution is 0.0899. The molecule has 1 rings (SSSR count). The minimum atomic E-state index is 0.000594. The second-order valence-electron chi connectivity index (χ2n) is 6.14. The molecule has 0 aliphatic carbocycles. The number of hydrogen-bond acceptors (Lipinski definition) is 1. The molecule has 3 heteroatoms. The van der Waals surface area contributed by atoms with Gasteiger partial charge < -0.3 is 5.32 Å². The van der Waals surface area contributed by atoms with Crippen LogP contribution in [-0.4, -0.2) is 17.8 Å².